The number of allylic oxidation sites excluding steroid dienone is 1. The van der Waals surface area contributed by atoms with Crippen LogP contribution in [0.5, 0.6) is 0 Å². The maximum atomic E-state index is 10.3. The summed E-state index contributed by atoms with van der Waals surface area (Å²) < 4.78 is 0. The average Bonchev–Trinajstić information content (AvgIpc) is 1.96. The fourth-order valence-electron chi connectivity index (χ4n) is 0.636. The van der Waals surface area contributed by atoms with Gasteiger partial charge in [0.1, 0.15) is 0 Å². The summed E-state index contributed by atoms with van der Waals surface area (Å²) in [6.45, 7) is 0.284. The van der Waals surface area contributed by atoms with Crippen LogP contribution >= 0.6 is 0 Å². The molecule has 0 bridgehead atoms. The fraction of sp³-hybridized carbons (Fsp3) is 0.429. The lowest BCUT2D eigenvalue weighted by Gasteiger charge is -2.01. The summed E-state index contributed by atoms with van der Waals surface area (Å²) in [5.41, 5.74) is 5.09. The van der Waals surface area contributed by atoms with E-state index in [-0.39, 0.29) is 13.0 Å². The molecule has 0 aromatic heterocycles. The number of aliphatic carboxylic acids is 2. The summed E-state index contributed by atoms with van der Waals surface area (Å²) in [4.78, 5) is 20.6. The number of hydrogen-bond donors (Lipinski definition) is 3. The van der Waals surface area contributed by atoms with Crippen molar-refractivity contribution in [2.24, 2.45) is 11.7 Å². The smallest absolute Gasteiger partial charge is 0.318 e. The second kappa shape index (κ2) is 5.31. The molecule has 0 aromatic rings. The van der Waals surface area contributed by atoms with Gasteiger partial charge in [-0.25, -0.2) is 0 Å². The molecule has 0 heterocycles. The van der Waals surface area contributed by atoms with Crippen molar-refractivity contribution in [3.05, 3.63) is 12.2 Å². The van der Waals surface area contributed by atoms with Crippen LogP contribution in [0.15, 0.2) is 12.2 Å². The maximum absolute atomic E-state index is 10.3. The monoisotopic (exact) mass is 173 g/mol. The molecule has 0 aliphatic carbocycles. The first-order valence-electron chi connectivity index (χ1n) is 3.40. The topological polar surface area (TPSA) is 101 Å². The Morgan fingerprint density at radius 1 is 1.25 bits per heavy atom. The Kier molecular flexibility index (Phi) is 4.71. The molecule has 0 aliphatic heterocycles. The van der Waals surface area contributed by atoms with Crippen LogP contribution in [0.25, 0.3) is 0 Å². The lowest BCUT2D eigenvalue weighted by molar-refractivity contribution is -0.154. The predicted octanol–water partition coefficient (Wildman–Crippen LogP) is -0.323. The van der Waals surface area contributed by atoms with E-state index in [0.717, 1.165) is 0 Å². The van der Waals surface area contributed by atoms with Crippen molar-refractivity contribution in [3.63, 3.8) is 0 Å². The quantitative estimate of drug-likeness (QED) is 0.390. The van der Waals surface area contributed by atoms with Crippen molar-refractivity contribution in [3.8, 4) is 0 Å². The number of carbonyl (C=O) groups is 2. The molecule has 0 saturated heterocycles. The molecule has 0 unspecified atom stereocenters. The van der Waals surface area contributed by atoms with E-state index in [2.05, 4.69) is 0 Å². The van der Waals surface area contributed by atoms with Crippen molar-refractivity contribution >= 4 is 11.9 Å². The Labute approximate surface area is 69.5 Å². The molecule has 0 saturated carbocycles. The van der Waals surface area contributed by atoms with Gasteiger partial charge in [-0.1, -0.05) is 12.2 Å². The second-order valence-electron chi connectivity index (χ2n) is 2.17. The summed E-state index contributed by atoms with van der Waals surface area (Å²) >= 11 is 0. The van der Waals surface area contributed by atoms with Crippen LogP contribution in [0.1, 0.15) is 6.42 Å². The van der Waals surface area contributed by atoms with Gasteiger partial charge in [0.05, 0.1) is 0 Å². The summed E-state index contributed by atoms with van der Waals surface area (Å²) in [5.74, 6) is -4.03. The third-order valence-electron chi connectivity index (χ3n) is 1.27. The molecule has 12 heavy (non-hydrogen) atoms. The number of hydrogen-bond acceptors (Lipinski definition) is 3. The van der Waals surface area contributed by atoms with E-state index in [1.807, 2.05) is 0 Å². The van der Waals surface area contributed by atoms with E-state index >= 15 is 0 Å². The first-order valence-corrected chi connectivity index (χ1v) is 3.40. The number of carboxylic acids is 2. The van der Waals surface area contributed by atoms with Crippen LogP contribution < -0.4 is 5.73 Å². The van der Waals surface area contributed by atoms with Gasteiger partial charge >= 0.3 is 11.9 Å². The van der Waals surface area contributed by atoms with Gasteiger partial charge in [0, 0.05) is 6.54 Å². The molecule has 5 nitrogen and oxygen atoms in total. The van der Waals surface area contributed by atoms with E-state index in [1.54, 1.807) is 0 Å². The third kappa shape index (κ3) is 3.72. The highest BCUT2D eigenvalue weighted by Crippen LogP contribution is 2.04. The van der Waals surface area contributed by atoms with Gasteiger partial charge in [0.2, 0.25) is 0 Å². The average molecular weight is 173 g/mol. The SMILES string of the molecule is NCC=CCC(C(=O)O)C(=O)O. The summed E-state index contributed by atoms with van der Waals surface area (Å²) in [6, 6.07) is 0. The predicted molar refractivity (Wildman–Crippen MR) is 41.6 cm³/mol. The first-order chi connectivity index (χ1) is 5.59. The van der Waals surface area contributed by atoms with E-state index < -0.39 is 17.9 Å². The molecular weight excluding hydrogens is 162 g/mol. The number of carboxylic acid groups (broad SMARTS) is 2. The van der Waals surface area contributed by atoms with Gasteiger partial charge < -0.3 is 15.9 Å². The van der Waals surface area contributed by atoms with Crippen LogP contribution in [0.2, 0.25) is 0 Å². The molecule has 0 amide bonds. The van der Waals surface area contributed by atoms with Crippen molar-refractivity contribution in [2.75, 3.05) is 6.54 Å². The summed E-state index contributed by atoms with van der Waals surface area (Å²) in [6.07, 6.45) is 2.95. The molecule has 4 N–H and O–H groups in total. The van der Waals surface area contributed by atoms with Crippen molar-refractivity contribution in [2.45, 2.75) is 6.42 Å². The third-order valence-corrected chi connectivity index (χ3v) is 1.27. The molecule has 0 fully saturated rings. The summed E-state index contributed by atoms with van der Waals surface area (Å²) in [7, 11) is 0. The van der Waals surface area contributed by atoms with E-state index in [4.69, 9.17) is 15.9 Å². The molecular formula is C7H11NO4. The van der Waals surface area contributed by atoms with Gasteiger partial charge in [-0.15, -0.1) is 0 Å². The standard InChI is InChI=1S/C7H11NO4/c8-4-2-1-3-5(6(9)10)7(11)12/h1-2,5H,3-4,8H2,(H,9,10)(H,11,12). The van der Waals surface area contributed by atoms with Gasteiger partial charge in [-0.3, -0.25) is 9.59 Å². The van der Waals surface area contributed by atoms with E-state index in [0.29, 0.717) is 0 Å². The Morgan fingerprint density at radius 2 is 1.75 bits per heavy atom. The Bertz CT molecular complexity index is 186. The highest BCUT2D eigenvalue weighted by molar-refractivity contribution is 5.92. The van der Waals surface area contributed by atoms with Gasteiger partial charge in [0.15, 0.2) is 5.92 Å². The Balaban J connectivity index is 4.06. The Morgan fingerprint density at radius 3 is 2.08 bits per heavy atom. The molecule has 5 heteroatoms. The molecule has 0 atom stereocenters. The largest absolute Gasteiger partial charge is 0.481 e. The van der Waals surface area contributed by atoms with Crippen LogP contribution in [0.4, 0.5) is 0 Å². The van der Waals surface area contributed by atoms with Crippen LogP contribution in [-0.4, -0.2) is 28.7 Å². The lowest BCUT2D eigenvalue weighted by Crippen LogP contribution is -2.22. The van der Waals surface area contributed by atoms with E-state index in [1.165, 1.54) is 12.2 Å². The molecule has 0 radical (unpaired) electrons. The van der Waals surface area contributed by atoms with Crippen LogP contribution in [0, 0.1) is 5.92 Å². The van der Waals surface area contributed by atoms with Gasteiger partial charge in [-0.2, -0.15) is 0 Å². The highest BCUT2D eigenvalue weighted by atomic mass is 16.4. The molecule has 0 rings (SSSR count). The van der Waals surface area contributed by atoms with Crippen molar-refractivity contribution in [1.29, 1.82) is 0 Å². The first kappa shape index (κ1) is 10.6. The summed E-state index contributed by atoms with van der Waals surface area (Å²) in [5, 5.41) is 16.8. The van der Waals surface area contributed by atoms with E-state index in [9.17, 15) is 9.59 Å². The van der Waals surface area contributed by atoms with Crippen molar-refractivity contribution in [1.82, 2.24) is 0 Å². The van der Waals surface area contributed by atoms with Crippen LogP contribution in [-0.2, 0) is 9.59 Å². The normalized spacial score (nSPS) is 10.8. The highest BCUT2D eigenvalue weighted by Gasteiger charge is 2.23. The number of nitrogens with two attached hydrogens (primary N) is 1. The minimum Gasteiger partial charge on any atom is -0.481 e. The molecule has 0 aliphatic rings. The number of rotatable bonds is 5. The maximum Gasteiger partial charge on any atom is 0.318 e. The Hall–Kier alpha value is -1.36. The second-order valence-corrected chi connectivity index (χ2v) is 2.17. The molecule has 0 spiro atoms. The van der Waals surface area contributed by atoms with Crippen LogP contribution in [0.3, 0.4) is 0 Å². The minimum absolute atomic E-state index is 0.0259. The zero-order valence-corrected chi connectivity index (χ0v) is 6.43. The lowest BCUT2D eigenvalue weighted by atomic mass is 10.1. The molecule has 68 valence electrons. The molecule has 0 aromatic carbocycles. The van der Waals surface area contributed by atoms with Crippen molar-refractivity contribution < 1.29 is 19.8 Å². The van der Waals surface area contributed by atoms with Gasteiger partial charge in [0.25, 0.3) is 0 Å². The van der Waals surface area contributed by atoms with Gasteiger partial charge in [-0.05, 0) is 6.42 Å². The minimum atomic E-state index is -1.37. The fourth-order valence-corrected chi connectivity index (χ4v) is 0.636. The zero-order chi connectivity index (χ0) is 9.56. The zero-order valence-electron chi connectivity index (χ0n) is 6.43.